The van der Waals surface area contributed by atoms with E-state index in [9.17, 15) is 4.79 Å². The number of benzene rings is 1. The predicted octanol–water partition coefficient (Wildman–Crippen LogP) is 1.62. The third kappa shape index (κ3) is 3.45. The number of nitrogens with one attached hydrogen (secondary N) is 1. The van der Waals surface area contributed by atoms with Crippen LogP contribution in [0.4, 0.5) is 5.95 Å². The number of carbonyl (C=O) groups is 1. The van der Waals surface area contributed by atoms with E-state index in [0.29, 0.717) is 11.1 Å². The molecule has 0 aliphatic rings. The topological polar surface area (TPSA) is 97.1 Å². The van der Waals surface area contributed by atoms with Crippen LogP contribution in [-0.4, -0.2) is 30.1 Å². The van der Waals surface area contributed by atoms with Crippen LogP contribution < -0.4 is 14.8 Å². The van der Waals surface area contributed by atoms with Gasteiger partial charge in [-0.05, 0) is 18.2 Å². The number of nitrogens with zero attached hydrogens (tertiary/aromatic N) is 3. The zero-order chi connectivity index (χ0) is 15.2. The summed E-state index contributed by atoms with van der Waals surface area (Å²) in [7, 11) is 2.90. The van der Waals surface area contributed by atoms with Gasteiger partial charge in [0, 0.05) is 5.56 Å². The highest BCUT2D eigenvalue weighted by molar-refractivity contribution is 6.03. The highest BCUT2D eigenvalue weighted by atomic mass is 16.5. The molecule has 1 amide bonds. The predicted molar refractivity (Wildman–Crippen MR) is 74.2 cm³/mol. The molecule has 106 valence electrons. The minimum atomic E-state index is -0.428. The van der Waals surface area contributed by atoms with E-state index in [1.54, 1.807) is 18.2 Å². The molecule has 0 saturated heterocycles. The Labute approximate surface area is 121 Å². The Morgan fingerprint density at radius 3 is 2.43 bits per heavy atom. The quantitative estimate of drug-likeness (QED) is 0.916. The number of nitriles is 1. The Kier molecular flexibility index (Phi) is 4.31. The van der Waals surface area contributed by atoms with E-state index in [4.69, 9.17) is 14.7 Å². The molecule has 0 fully saturated rings. The van der Waals surface area contributed by atoms with Crippen molar-refractivity contribution in [3.8, 4) is 17.8 Å². The van der Waals surface area contributed by atoms with Crippen molar-refractivity contribution in [2.45, 2.75) is 0 Å². The first kappa shape index (κ1) is 14.3. The van der Waals surface area contributed by atoms with Crippen LogP contribution in [0, 0.1) is 11.3 Å². The maximum Gasteiger partial charge on any atom is 0.258 e. The minimum Gasteiger partial charge on any atom is -0.481 e. The van der Waals surface area contributed by atoms with E-state index < -0.39 is 5.91 Å². The molecular formula is C14H12N4O3. The van der Waals surface area contributed by atoms with Gasteiger partial charge in [0.15, 0.2) is 0 Å². The number of hydrogen-bond donors (Lipinski definition) is 1. The fourth-order valence-electron chi connectivity index (χ4n) is 1.57. The monoisotopic (exact) mass is 284 g/mol. The third-order valence-electron chi connectivity index (χ3n) is 2.58. The van der Waals surface area contributed by atoms with Gasteiger partial charge in [-0.3, -0.25) is 10.1 Å². The second-order valence-electron chi connectivity index (χ2n) is 3.92. The van der Waals surface area contributed by atoms with Gasteiger partial charge in [0.1, 0.15) is 0 Å². The lowest BCUT2D eigenvalue weighted by atomic mass is 10.1. The Hall–Kier alpha value is -3.14. The van der Waals surface area contributed by atoms with Gasteiger partial charge in [-0.25, -0.2) is 0 Å². The number of hydrogen-bond acceptors (Lipinski definition) is 6. The van der Waals surface area contributed by atoms with Crippen molar-refractivity contribution in [2.24, 2.45) is 0 Å². The molecule has 1 aromatic carbocycles. The number of aromatic nitrogens is 2. The van der Waals surface area contributed by atoms with E-state index in [2.05, 4.69) is 15.3 Å². The van der Waals surface area contributed by atoms with Gasteiger partial charge in [-0.1, -0.05) is 6.07 Å². The normalized spacial score (nSPS) is 9.57. The van der Waals surface area contributed by atoms with Gasteiger partial charge in [0.25, 0.3) is 5.91 Å². The number of methoxy groups -OCH3 is 2. The molecule has 1 heterocycles. The molecule has 0 atom stereocenters. The molecule has 0 aliphatic heterocycles. The molecule has 0 saturated carbocycles. The van der Waals surface area contributed by atoms with Crippen molar-refractivity contribution in [3.05, 3.63) is 41.5 Å². The number of ether oxygens (including phenoxy) is 2. The van der Waals surface area contributed by atoms with Crippen LogP contribution in [0.3, 0.4) is 0 Å². The maximum atomic E-state index is 12.1. The molecule has 2 rings (SSSR count). The summed E-state index contributed by atoms with van der Waals surface area (Å²) in [5.74, 6) is 0.159. The molecule has 0 unspecified atom stereocenters. The summed E-state index contributed by atoms with van der Waals surface area (Å²) < 4.78 is 9.99. The molecule has 0 spiro atoms. The summed E-state index contributed by atoms with van der Waals surface area (Å²) in [5.41, 5.74) is 0.728. The van der Waals surface area contributed by atoms with Gasteiger partial charge in [0.05, 0.1) is 31.9 Å². The number of anilines is 1. The molecule has 1 aromatic heterocycles. The molecule has 7 heteroatoms. The van der Waals surface area contributed by atoms with Gasteiger partial charge in [-0.15, -0.1) is 0 Å². The third-order valence-corrected chi connectivity index (χ3v) is 2.58. The van der Waals surface area contributed by atoms with Crippen molar-refractivity contribution in [2.75, 3.05) is 19.5 Å². The van der Waals surface area contributed by atoms with Crippen molar-refractivity contribution in [1.82, 2.24) is 9.97 Å². The van der Waals surface area contributed by atoms with Crippen LogP contribution >= 0.6 is 0 Å². The van der Waals surface area contributed by atoms with E-state index in [0.717, 1.165) is 0 Å². The lowest BCUT2D eigenvalue weighted by Crippen LogP contribution is -2.14. The van der Waals surface area contributed by atoms with Crippen LogP contribution in [0.2, 0.25) is 0 Å². The van der Waals surface area contributed by atoms with Gasteiger partial charge < -0.3 is 9.47 Å². The summed E-state index contributed by atoms with van der Waals surface area (Å²) in [4.78, 5) is 20.1. The smallest absolute Gasteiger partial charge is 0.258 e. The summed E-state index contributed by atoms with van der Waals surface area (Å²) in [5, 5.41) is 11.4. The summed E-state index contributed by atoms with van der Waals surface area (Å²) >= 11 is 0. The molecule has 7 nitrogen and oxygen atoms in total. The Balaban J connectivity index is 2.24. The second kappa shape index (κ2) is 6.34. The number of carbonyl (C=O) groups excluding carboxylic acids is 1. The summed E-state index contributed by atoms with van der Waals surface area (Å²) in [6, 6.07) is 9.77. The van der Waals surface area contributed by atoms with Crippen LogP contribution in [0.25, 0.3) is 0 Å². The Morgan fingerprint density at radius 2 is 1.86 bits per heavy atom. The molecule has 1 N–H and O–H groups in total. The van der Waals surface area contributed by atoms with Gasteiger partial charge in [0.2, 0.25) is 17.7 Å². The van der Waals surface area contributed by atoms with Crippen molar-refractivity contribution in [3.63, 3.8) is 0 Å². The van der Waals surface area contributed by atoms with Crippen LogP contribution in [0.15, 0.2) is 30.3 Å². The average molecular weight is 284 g/mol. The van der Waals surface area contributed by atoms with Crippen LogP contribution in [0.1, 0.15) is 15.9 Å². The van der Waals surface area contributed by atoms with Gasteiger partial charge in [-0.2, -0.15) is 15.2 Å². The number of amides is 1. The van der Waals surface area contributed by atoms with Crippen molar-refractivity contribution >= 4 is 11.9 Å². The Bertz CT molecular complexity index is 687. The molecule has 2 aromatic rings. The zero-order valence-corrected chi connectivity index (χ0v) is 11.5. The lowest BCUT2D eigenvalue weighted by molar-refractivity contribution is 0.102. The van der Waals surface area contributed by atoms with Crippen molar-refractivity contribution in [1.29, 1.82) is 5.26 Å². The minimum absolute atomic E-state index is 0.0542. The maximum absolute atomic E-state index is 12.1. The Morgan fingerprint density at radius 1 is 1.19 bits per heavy atom. The number of rotatable bonds is 4. The first-order valence-electron chi connectivity index (χ1n) is 5.95. The fourth-order valence-corrected chi connectivity index (χ4v) is 1.57. The standard InChI is InChI=1S/C14H12N4O3/c1-20-11-7-12(21-2)17-14(16-11)18-13(19)10-5-3-4-9(6-10)8-15/h3-7H,1-2H3,(H,16,17,18,19). The van der Waals surface area contributed by atoms with E-state index in [1.807, 2.05) is 6.07 Å². The second-order valence-corrected chi connectivity index (χ2v) is 3.92. The summed E-state index contributed by atoms with van der Waals surface area (Å²) in [6.07, 6.45) is 0. The highest BCUT2D eigenvalue weighted by Crippen LogP contribution is 2.17. The van der Waals surface area contributed by atoms with E-state index >= 15 is 0 Å². The van der Waals surface area contributed by atoms with Crippen LogP contribution in [0.5, 0.6) is 11.8 Å². The lowest BCUT2D eigenvalue weighted by Gasteiger charge is -2.07. The molecule has 21 heavy (non-hydrogen) atoms. The average Bonchev–Trinajstić information content (AvgIpc) is 2.54. The first-order chi connectivity index (χ1) is 10.2. The summed E-state index contributed by atoms with van der Waals surface area (Å²) in [6.45, 7) is 0. The molecular weight excluding hydrogens is 272 g/mol. The molecule has 0 bridgehead atoms. The molecule has 0 aliphatic carbocycles. The molecule has 0 radical (unpaired) electrons. The zero-order valence-electron chi connectivity index (χ0n) is 11.5. The first-order valence-corrected chi connectivity index (χ1v) is 5.95. The largest absolute Gasteiger partial charge is 0.481 e. The van der Waals surface area contributed by atoms with Crippen molar-refractivity contribution < 1.29 is 14.3 Å². The van der Waals surface area contributed by atoms with Crippen LogP contribution in [-0.2, 0) is 0 Å². The van der Waals surface area contributed by atoms with Gasteiger partial charge >= 0.3 is 0 Å². The van der Waals surface area contributed by atoms with E-state index in [-0.39, 0.29) is 17.7 Å². The van der Waals surface area contributed by atoms with E-state index in [1.165, 1.54) is 26.4 Å². The highest BCUT2D eigenvalue weighted by Gasteiger charge is 2.11. The fraction of sp³-hybridized carbons (Fsp3) is 0.143. The SMILES string of the molecule is COc1cc(OC)nc(NC(=O)c2cccc(C#N)c2)n1.